The fourth-order valence-corrected chi connectivity index (χ4v) is 7.60. The number of hydrogen-bond donors (Lipinski definition) is 0. The van der Waals surface area contributed by atoms with E-state index in [0.717, 1.165) is 38.5 Å². The van der Waals surface area contributed by atoms with Gasteiger partial charge in [0.15, 0.2) is 0 Å². The van der Waals surface area contributed by atoms with Crippen LogP contribution in [0.5, 0.6) is 0 Å². The molecular weight excluding hydrogens is 565 g/mol. The zero-order valence-electron chi connectivity index (χ0n) is 27.9. The zero-order chi connectivity index (χ0) is 32.1. The molecule has 0 saturated heterocycles. The van der Waals surface area contributed by atoms with Crippen molar-refractivity contribution in [2.45, 2.75) is 63.7 Å². The van der Waals surface area contributed by atoms with Crippen LogP contribution in [-0.2, 0) is 11.8 Å². The zero-order valence-corrected chi connectivity index (χ0v) is 27.9. The lowest BCUT2D eigenvalue weighted by Crippen LogP contribution is -2.18. The number of allylic oxidation sites excluding steroid dienone is 11. The van der Waals surface area contributed by atoms with Gasteiger partial charge in [-0.15, -0.1) is 0 Å². The summed E-state index contributed by atoms with van der Waals surface area (Å²) >= 11 is 0. The predicted octanol–water partition coefficient (Wildman–Crippen LogP) is 12.6. The summed E-state index contributed by atoms with van der Waals surface area (Å²) < 4.78 is 0. The maximum atomic E-state index is 2.52. The molecule has 7 rings (SSSR count). The van der Waals surface area contributed by atoms with Crippen molar-refractivity contribution in [3.63, 3.8) is 0 Å². The van der Waals surface area contributed by atoms with Crippen molar-refractivity contribution in [3.8, 4) is 11.1 Å². The molecule has 0 heterocycles. The van der Waals surface area contributed by atoms with E-state index in [-0.39, 0.29) is 5.41 Å². The van der Waals surface area contributed by atoms with Crippen molar-refractivity contribution in [1.29, 1.82) is 0 Å². The number of rotatable bonds is 7. The Morgan fingerprint density at radius 3 is 2.13 bits per heavy atom. The topological polar surface area (TPSA) is 0 Å². The lowest BCUT2D eigenvalue weighted by molar-refractivity contribution is 0.503. The third-order valence-electron chi connectivity index (χ3n) is 10.3. The molecule has 0 nitrogen and oxygen atoms in total. The molecular formula is C47H46. The van der Waals surface area contributed by atoms with E-state index in [4.69, 9.17) is 0 Å². The van der Waals surface area contributed by atoms with E-state index in [9.17, 15) is 0 Å². The molecule has 0 saturated carbocycles. The first kappa shape index (κ1) is 30.9. The van der Waals surface area contributed by atoms with E-state index in [2.05, 4.69) is 172 Å². The third kappa shape index (κ3) is 7.18. The van der Waals surface area contributed by atoms with Gasteiger partial charge in [-0.25, -0.2) is 0 Å². The van der Waals surface area contributed by atoms with Crippen LogP contribution in [0.25, 0.3) is 22.8 Å². The third-order valence-corrected chi connectivity index (χ3v) is 10.3. The summed E-state index contributed by atoms with van der Waals surface area (Å²) in [5.41, 5.74) is 13.7. The summed E-state index contributed by atoms with van der Waals surface area (Å²) in [7, 11) is 0. The van der Waals surface area contributed by atoms with Crippen LogP contribution in [0.15, 0.2) is 163 Å². The first-order valence-corrected chi connectivity index (χ1v) is 17.5. The van der Waals surface area contributed by atoms with E-state index in [0.29, 0.717) is 11.8 Å². The van der Waals surface area contributed by atoms with Crippen LogP contribution in [0.4, 0.5) is 0 Å². The second-order valence-corrected chi connectivity index (χ2v) is 14.0. The first-order valence-electron chi connectivity index (χ1n) is 17.5. The van der Waals surface area contributed by atoms with Gasteiger partial charge in [0.25, 0.3) is 0 Å². The largest absolute Gasteiger partial charge is 0.0873 e. The standard InChI is InChI=1S/C47H46/c1-47(2)31-13-12-20-43(38-18-10-5-11-19-38)34-44-22-21-35(33-46(44)47)32-45(41-27-23-39(24-28-41)36-14-6-3-7-15-36)42-29-25-40(26-30-42)37-16-8-4-9-17-37/h3-8,10-11,13-16,18-19,21-29,31,33-34,42,45H,9,12,17,20,30,32H2,1-2H3/b31-13+,43-34-. The molecule has 0 aliphatic heterocycles. The molecule has 0 N–H and O–H groups in total. The predicted molar refractivity (Wildman–Crippen MR) is 202 cm³/mol. The fourth-order valence-electron chi connectivity index (χ4n) is 7.60. The minimum Gasteiger partial charge on any atom is -0.0873 e. The first-order chi connectivity index (χ1) is 23.0. The van der Waals surface area contributed by atoms with Crippen molar-refractivity contribution >= 4 is 11.6 Å². The van der Waals surface area contributed by atoms with Gasteiger partial charge in [-0.2, -0.15) is 0 Å². The molecule has 47 heavy (non-hydrogen) atoms. The molecule has 0 aromatic heterocycles. The second kappa shape index (κ2) is 14.0. The lowest BCUT2D eigenvalue weighted by Gasteiger charge is -2.29. The van der Waals surface area contributed by atoms with Crippen LogP contribution in [-0.4, -0.2) is 0 Å². The van der Waals surface area contributed by atoms with Gasteiger partial charge in [-0.3, -0.25) is 0 Å². The maximum absolute atomic E-state index is 2.52. The molecule has 3 aliphatic rings. The molecule has 0 fully saturated rings. The van der Waals surface area contributed by atoms with Gasteiger partial charge in [0.05, 0.1) is 0 Å². The van der Waals surface area contributed by atoms with Crippen LogP contribution in [0, 0.1) is 5.92 Å². The fraction of sp³-hybridized carbons (Fsp3) is 0.234. The summed E-state index contributed by atoms with van der Waals surface area (Å²) in [6.07, 6.45) is 27.9. The molecule has 4 aromatic rings. The van der Waals surface area contributed by atoms with Gasteiger partial charge >= 0.3 is 0 Å². The Hall–Kier alpha value is -4.68. The molecule has 0 bridgehead atoms. The highest BCUT2D eigenvalue weighted by Crippen LogP contribution is 2.40. The second-order valence-electron chi connectivity index (χ2n) is 14.0. The molecule has 0 heteroatoms. The quantitative estimate of drug-likeness (QED) is 0.183. The highest BCUT2D eigenvalue weighted by atomic mass is 14.3. The van der Waals surface area contributed by atoms with Crippen molar-refractivity contribution in [1.82, 2.24) is 0 Å². The summed E-state index contributed by atoms with van der Waals surface area (Å²) in [4.78, 5) is 0. The van der Waals surface area contributed by atoms with Crippen LogP contribution >= 0.6 is 0 Å². The van der Waals surface area contributed by atoms with Crippen molar-refractivity contribution in [2.75, 3.05) is 0 Å². The molecule has 0 spiro atoms. The van der Waals surface area contributed by atoms with Crippen molar-refractivity contribution in [3.05, 3.63) is 191 Å². The number of benzene rings is 4. The monoisotopic (exact) mass is 610 g/mol. The average molecular weight is 611 g/mol. The van der Waals surface area contributed by atoms with Gasteiger partial charge in [-0.05, 0) is 106 Å². The van der Waals surface area contributed by atoms with E-state index in [1.165, 1.54) is 55.7 Å². The van der Waals surface area contributed by atoms with Gasteiger partial charge in [-0.1, -0.05) is 172 Å². The molecule has 2 unspecified atom stereocenters. The molecule has 0 amide bonds. The van der Waals surface area contributed by atoms with Crippen molar-refractivity contribution in [2.24, 2.45) is 5.92 Å². The highest BCUT2D eigenvalue weighted by molar-refractivity contribution is 5.83. The van der Waals surface area contributed by atoms with E-state index in [1.54, 1.807) is 0 Å². The lowest BCUT2D eigenvalue weighted by atomic mass is 9.75. The minimum atomic E-state index is -0.0502. The molecule has 0 radical (unpaired) electrons. The Balaban J connectivity index is 1.23. The number of fused-ring (bicyclic) bond motifs is 1. The average Bonchev–Trinajstić information content (AvgIpc) is 3.19. The van der Waals surface area contributed by atoms with Gasteiger partial charge in [0.1, 0.15) is 0 Å². The van der Waals surface area contributed by atoms with E-state index in [1.807, 2.05) is 0 Å². The smallest absolute Gasteiger partial charge is 0.00813 e. The molecule has 2 atom stereocenters. The summed E-state index contributed by atoms with van der Waals surface area (Å²) in [6.45, 7) is 4.75. The van der Waals surface area contributed by atoms with E-state index >= 15 is 0 Å². The molecule has 4 aromatic carbocycles. The summed E-state index contributed by atoms with van der Waals surface area (Å²) in [6, 6.07) is 38.4. The van der Waals surface area contributed by atoms with Crippen LogP contribution in [0.3, 0.4) is 0 Å². The van der Waals surface area contributed by atoms with Crippen LogP contribution < -0.4 is 0 Å². The Morgan fingerprint density at radius 2 is 1.43 bits per heavy atom. The maximum Gasteiger partial charge on any atom is 0.00813 e. The SMILES string of the molecule is CC1(C)/C=C/CC/C(c2ccccc2)=C/c2ccc(CC(c3ccc(-c4ccccc4)cc3)C3C=CC(C4=CC=CCC4)=CC3)cc21. The summed E-state index contributed by atoms with van der Waals surface area (Å²) in [5.74, 6) is 0.835. The Kier molecular flexibility index (Phi) is 9.20. The number of hydrogen-bond acceptors (Lipinski definition) is 0. The van der Waals surface area contributed by atoms with Gasteiger partial charge in [0.2, 0.25) is 0 Å². The van der Waals surface area contributed by atoms with Crippen LogP contribution in [0.2, 0.25) is 0 Å². The molecule has 3 aliphatic carbocycles. The Labute approximate surface area is 282 Å². The van der Waals surface area contributed by atoms with Crippen LogP contribution in [0.1, 0.15) is 79.7 Å². The van der Waals surface area contributed by atoms with E-state index < -0.39 is 0 Å². The Morgan fingerprint density at radius 1 is 0.723 bits per heavy atom. The highest BCUT2D eigenvalue weighted by Gasteiger charge is 2.26. The Bertz CT molecular complexity index is 1870. The molecule has 234 valence electrons. The normalized spacial score (nSPS) is 21.1. The van der Waals surface area contributed by atoms with Gasteiger partial charge < -0.3 is 0 Å². The summed E-state index contributed by atoms with van der Waals surface area (Å²) in [5, 5.41) is 0. The minimum absolute atomic E-state index is 0.0502. The van der Waals surface area contributed by atoms with Gasteiger partial charge in [0, 0.05) is 5.41 Å². The van der Waals surface area contributed by atoms with Crippen molar-refractivity contribution < 1.29 is 0 Å².